The van der Waals surface area contributed by atoms with Gasteiger partial charge in [0.1, 0.15) is 17.1 Å². The van der Waals surface area contributed by atoms with Crippen LogP contribution in [0.1, 0.15) is 33.5 Å². The average molecular weight is 350 g/mol. The Balaban J connectivity index is 1.73. The van der Waals surface area contributed by atoms with E-state index in [4.69, 9.17) is 13.9 Å². The molecule has 1 aliphatic rings. The number of hydrogen-bond acceptors (Lipinski definition) is 5. The minimum absolute atomic E-state index is 0.288. The number of esters is 1. The molecule has 1 aromatic heterocycles. The second kappa shape index (κ2) is 6.33. The molecule has 0 aliphatic heterocycles. The first-order valence-electron chi connectivity index (χ1n) is 8.53. The van der Waals surface area contributed by atoms with Gasteiger partial charge >= 0.3 is 11.6 Å². The summed E-state index contributed by atoms with van der Waals surface area (Å²) in [6, 6.07) is 10.4. The Labute approximate surface area is 150 Å². The Morgan fingerprint density at radius 1 is 1.12 bits per heavy atom. The SMILES string of the molecule is COc1cccc(C(=O)Oc2ccc3c4c(c(=O)oc3c2C)CCC4)c1. The van der Waals surface area contributed by atoms with Gasteiger partial charge in [-0.05, 0) is 62.1 Å². The van der Waals surface area contributed by atoms with Crippen LogP contribution in [-0.4, -0.2) is 13.1 Å². The van der Waals surface area contributed by atoms with Gasteiger partial charge in [-0.2, -0.15) is 0 Å². The molecule has 0 fully saturated rings. The van der Waals surface area contributed by atoms with Gasteiger partial charge in [0.25, 0.3) is 0 Å². The maximum atomic E-state index is 12.5. The van der Waals surface area contributed by atoms with Crippen molar-refractivity contribution in [1.29, 1.82) is 0 Å². The van der Waals surface area contributed by atoms with E-state index in [2.05, 4.69) is 0 Å². The lowest BCUT2D eigenvalue weighted by molar-refractivity contribution is 0.0733. The van der Waals surface area contributed by atoms with Crippen LogP contribution in [-0.2, 0) is 12.8 Å². The molecule has 4 rings (SSSR count). The highest BCUT2D eigenvalue weighted by atomic mass is 16.5. The summed E-state index contributed by atoms with van der Waals surface area (Å²) in [6.07, 6.45) is 2.60. The molecule has 5 nitrogen and oxygen atoms in total. The number of methoxy groups -OCH3 is 1. The van der Waals surface area contributed by atoms with Gasteiger partial charge in [0.15, 0.2) is 0 Å². The molecular formula is C21H18O5. The van der Waals surface area contributed by atoms with Gasteiger partial charge in [-0.15, -0.1) is 0 Å². The van der Waals surface area contributed by atoms with E-state index < -0.39 is 5.97 Å². The molecule has 0 saturated carbocycles. The molecule has 0 atom stereocenters. The first-order valence-corrected chi connectivity index (χ1v) is 8.53. The van der Waals surface area contributed by atoms with Crippen LogP contribution < -0.4 is 15.1 Å². The first kappa shape index (κ1) is 16.4. The van der Waals surface area contributed by atoms with Crippen LogP contribution in [0, 0.1) is 6.92 Å². The zero-order chi connectivity index (χ0) is 18.3. The zero-order valence-corrected chi connectivity index (χ0v) is 14.6. The van der Waals surface area contributed by atoms with E-state index in [1.807, 2.05) is 6.07 Å². The molecule has 1 heterocycles. The third-order valence-corrected chi connectivity index (χ3v) is 4.85. The Bertz CT molecular complexity index is 1080. The second-order valence-corrected chi connectivity index (χ2v) is 6.39. The summed E-state index contributed by atoms with van der Waals surface area (Å²) in [7, 11) is 1.54. The van der Waals surface area contributed by atoms with Crippen molar-refractivity contribution in [3.63, 3.8) is 0 Å². The van der Waals surface area contributed by atoms with E-state index in [1.165, 1.54) is 0 Å². The van der Waals surface area contributed by atoms with Crippen LogP contribution in [0.2, 0.25) is 0 Å². The van der Waals surface area contributed by atoms with Gasteiger partial charge in [0.05, 0.1) is 12.7 Å². The number of aryl methyl sites for hydroxylation is 2. The van der Waals surface area contributed by atoms with Gasteiger partial charge in [0.2, 0.25) is 0 Å². The molecule has 5 heteroatoms. The van der Waals surface area contributed by atoms with Crippen molar-refractivity contribution < 1.29 is 18.7 Å². The maximum absolute atomic E-state index is 12.5. The molecule has 0 spiro atoms. The average Bonchev–Trinajstić information content (AvgIpc) is 3.15. The number of hydrogen-bond donors (Lipinski definition) is 0. The lowest BCUT2D eigenvalue weighted by Gasteiger charge is -2.11. The van der Waals surface area contributed by atoms with Crippen molar-refractivity contribution in [2.75, 3.05) is 7.11 Å². The van der Waals surface area contributed by atoms with E-state index >= 15 is 0 Å². The van der Waals surface area contributed by atoms with Crippen molar-refractivity contribution in [2.45, 2.75) is 26.2 Å². The molecule has 0 saturated heterocycles. The largest absolute Gasteiger partial charge is 0.497 e. The normalized spacial score (nSPS) is 12.8. The third-order valence-electron chi connectivity index (χ3n) is 4.85. The third kappa shape index (κ3) is 2.65. The molecule has 0 radical (unpaired) electrons. The zero-order valence-electron chi connectivity index (χ0n) is 14.6. The summed E-state index contributed by atoms with van der Waals surface area (Å²) in [5.41, 5.74) is 3.07. The molecule has 3 aromatic rings. The lowest BCUT2D eigenvalue weighted by atomic mass is 10.0. The minimum atomic E-state index is -0.491. The molecule has 0 bridgehead atoms. The Morgan fingerprint density at radius 2 is 1.92 bits per heavy atom. The molecule has 0 N–H and O–H groups in total. The van der Waals surface area contributed by atoms with Crippen molar-refractivity contribution in [3.05, 3.63) is 69.1 Å². The predicted octanol–water partition coefficient (Wildman–Crippen LogP) is 3.82. The van der Waals surface area contributed by atoms with E-state index in [1.54, 1.807) is 44.4 Å². The smallest absolute Gasteiger partial charge is 0.343 e. The topological polar surface area (TPSA) is 65.7 Å². The Hall–Kier alpha value is -3.08. The van der Waals surface area contributed by atoms with Crippen molar-refractivity contribution in [3.8, 4) is 11.5 Å². The highest BCUT2D eigenvalue weighted by Gasteiger charge is 2.22. The van der Waals surface area contributed by atoms with E-state index in [-0.39, 0.29) is 5.63 Å². The highest BCUT2D eigenvalue weighted by Crippen LogP contribution is 2.33. The van der Waals surface area contributed by atoms with E-state index in [0.29, 0.717) is 28.2 Å². The predicted molar refractivity (Wildman–Crippen MR) is 97.2 cm³/mol. The summed E-state index contributed by atoms with van der Waals surface area (Å²) in [4.78, 5) is 24.7. The molecule has 0 unspecified atom stereocenters. The molecule has 2 aromatic carbocycles. The summed E-state index contributed by atoms with van der Waals surface area (Å²) in [6.45, 7) is 1.79. The van der Waals surface area contributed by atoms with Crippen LogP contribution in [0.15, 0.2) is 45.6 Å². The summed E-state index contributed by atoms with van der Waals surface area (Å²) in [5, 5.41) is 0.927. The van der Waals surface area contributed by atoms with Gasteiger partial charge < -0.3 is 13.9 Å². The summed E-state index contributed by atoms with van der Waals surface area (Å²) < 4.78 is 16.2. The van der Waals surface area contributed by atoms with E-state index in [0.717, 1.165) is 35.8 Å². The van der Waals surface area contributed by atoms with Gasteiger partial charge in [-0.1, -0.05) is 6.07 Å². The van der Waals surface area contributed by atoms with Crippen LogP contribution in [0.4, 0.5) is 0 Å². The van der Waals surface area contributed by atoms with Crippen molar-refractivity contribution in [1.82, 2.24) is 0 Å². The van der Waals surface area contributed by atoms with Crippen molar-refractivity contribution in [2.24, 2.45) is 0 Å². The molecular weight excluding hydrogens is 332 g/mol. The number of rotatable bonds is 3. The Morgan fingerprint density at radius 3 is 2.73 bits per heavy atom. The number of ether oxygens (including phenoxy) is 2. The molecule has 132 valence electrons. The number of carbonyl (C=O) groups excluding carboxylic acids is 1. The standard InChI is InChI=1S/C21H18O5/c1-12-18(25-20(22)13-5-3-6-14(11-13)24-2)10-9-16-15-7-4-8-17(15)21(23)26-19(12)16/h3,5-6,9-11H,4,7-8H2,1-2H3. The summed E-state index contributed by atoms with van der Waals surface area (Å²) >= 11 is 0. The number of benzene rings is 2. The quantitative estimate of drug-likeness (QED) is 0.408. The maximum Gasteiger partial charge on any atom is 0.343 e. The van der Waals surface area contributed by atoms with Crippen LogP contribution in [0.25, 0.3) is 11.0 Å². The minimum Gasteiger partial charge on any atom is -0.497 e. The van der Waals surface area contributed by atoms with E-state index in [9.17, 15) is 9.59 Å². The van der Waals surface area contributed by atoms with Crippen LogP contribution in [0.3, 0.4) is 0 Å². The monoisotopic (exact) mass is 350 g/mol. The Kier molecular flexibility index (Phi) is 3.99. The summed E-state index contributed by atoms with van der Waals surface area (Å²) in [5.74, 6) is 0.470. The van der Waals surface area contributed by atoms with Gasteiger partial charge in [0, 0.05) is 16.5 Å². The lowest BCUT2D eigenvalue weighted by Crippen LogP contribution is -2.11. The second-order valence-electron chi connectivity index (χ2n) is 6.39. The highest BCUT2D eigenvalue weighted by molar-refractivity contribution is 5.93. The van der Waals surface area contributed by atoms with Crippen LogP contribution in [0.5, 0.6) is 11.5 Å². The molecule has 26 heavy (non-hydrogen) atoms. The molecule has 1 aliphatic carbocycles. The fourth-order valence-corrected chi connectivity index (χ4v) is 3.48. The van der Waals surface area contributed by atoms with Crippen molar-refractivity contribution >= 4 is 16.9 Å². The fraction of sp³-hybridized carbons (Fsp3) is 0.238. The fourth-order valence-electron chi connectivity index (χ4n) is 3.48. The van der Waals surface area contributed by atoms with Gasteiger partial charge in [-0.3, -0.25) is 0 Å². The van der Waals surface area contributed by atoms with Crippen LogP contribution >= 0.6 is 0 Å². The number of carbonyl (C=O) groups is 1. The van der Waals surface area contributed by atoms with Gasteiger partial charge in [-0.25, -0.2) is 9.59 Å². The first-order chi connectivity index (χ1) is 12.6. The number of fused-ring (bicyclic) bond motifs is 3. The molecule has 0 amide bonds.